The Morgan fingerprint density at radius 1 is 1.22 bits per heavy atom. The maximum Gasteiger partial charge on any atom is 0.332 e. The quantitative estimate of drug-likeness (QED) is 0.535. The van der Waals surface area contributed by atoms with Crippen LogP contribution in [0.25, 0.3) is 0 Å². The Bertz CT molecular complexity index is 622. The fourth-order valence-corrected chi connectivity index (χ4v) is 2.08. The molecule has 0 aromatic heterocycles. The van der Waals surface area contributed by atoms with Crippen LogP contribution in [0.2, 0.25) is 0 Å². The largest absolute Gasteiger partial charge is 0.479 e. The average molecular weight is 320 g/mol. The van der Waals surface area contributed by atoms with E-state index in [4.69, 9.17) is 9.84 Å². The third kappa shape index (κ3) is 3.72. The van der Waals surface area contributed by atoms with Crippen molar-refractivity contribution in [3.8, 4) is 0 Å². The van der Waals surface area contributed by atoms with Crippen molar-refractivity contribution in [2.75, 3.05) is 19.7 Å². The lowest BCUT2D eigenvalue weighted by atomic mass is 10.1. The van der Waals surface area contributed by atoms with Crippen LogP contribution < -0.4 is 5.32 Å². The summed E-state index contributed by atoms with van der Waals surface area (Å²) in [5, 5.41) is 11.1. The molecule has 3 amide bonds. The highest BCUT2D eigenvalue weighted by molar-refractivity contribution is 6.22. The number of hydrogen-bond donors (Lipinski definition) is 2. The zero-order chi connectivity index (χ0) is 17.0. The third-order valence-corrected chi connectivity index (χ3v) is 3.32. The number of benzene rings is 1. The summed E-state index contributed by atoms with van der Waals surface area (Å²) in [6.07, 6.45) is -0.969. The molecule has 1 heterocycles. The number of fused-ring (bicyclic) bond motifs is 1. The molecule has 0 fully saturated rings. The first-order chi connectivity index (χ1) is 10.9. The Labute approximate surface area is 132 Å². The van der Waals surface area contributed by atoms with Gasteiger partial charge >= 0.3 is 5.97 Å². The van der Waals surface area contributed by atoms with Crippen LogP contribution >= 0.6 is 0 Å². The summed E-state index contributed by atoms with van der Waals surface area (Å²) in [6, 6.07) is 6.37. The number of carbonyl (C=O) groups excluding carboxylic acids is 3. The maximum absolute atomic E-state index is 12.1. The number of hydrogen-bond acceptors (Lipinski definition) is 5. The molecular weight excluding hydrogens is 304 g/mol. The van der Waals surface area contributed by atoms with E-state index in [1.54, 1.807) is 12.1 Å². The van der Waals surface area contributed by atoms with Crippen molar-refractivity contribution in [2.45, 2.75) is 13.0 Å². The van der Waals surface area contributed by atoms with Crippen LogP contribution in [0.5, 0.6) is 0 Å². The Balaban J connectivity index is 1.82. The number of carboxylic acid groups (broad SMARTS) is 1. The van der Waals surface area contributed by atoms with Crippen molar-refractivity contribution in [3.63, 3.8) is 0 Å². The van der Waals surface area contributed by atoms with E-state index in [9.17, 15) is 19.2 Å². The number of nitrogens with one attached hydrogen (secondary N) is 1. The number of carbonyl (C=O) groups is 4. The van der Waals surface area contributed by atoms with E-state index in [-0.39, 0.29) is 30.8 Å². The van der Waals surface area contributed by atoms with Gasteiger partial charge in [-0.15, -0.1) is 0 Å². The van der Waals surface area contributed by atoms with Crippen molar-refractivity contribution < 1.29 is 29.0 Å². The summed E-state index contributed by atoms with van der Waals surface area (Å²) >= 11 is 0. The number of imide groups is 1. The van der Waals surface area contributed by atoms with Crippen LogP contribution in [0.3, 0.4) is 0 Å². The summed E-state index contributed by atoms with van der Waals surface area (Å²) in [6.45, 7) is 1.09. The molecule has 1 aliphatic rings. The van der Waals surface area contributed by atoms with Gasteiger partial charge in [-0.05, 0) is 19.1 Å². The molecule has 0 radical (unpaired) electrons. The smallest absolute Gasteiger partial charge is 0.332 e. The highest BCUT2D eigenvalue weighted by atomic mass is 16.5. The number of ether oxygens (including phenoxy) is 1. The molecule has 23 heavy (non-hydrogen) atoms. The molecule has 8 nitrogen and oxygen atoms in total. The molecule has 1 aromatic rings. The second-order valence-electron chi connectivity index (χ2n) is 4.94. The molecule has 2 rings (SSSR count). The van der Waals surface area contributed by atoms with Gasteiger partial charge < -0.3 is 15.2 Å². The Hall–Kier alpha value is -2.74. The van der Waals surface area contributed by atoms with Crippen LogP contribution in [-0.2, 0) is 14.3 Å². The number of aliphatic carboxylic acids is 1. The SMILES string of the molecule is CC(OCCNC(=O)CN1C(=O)c2ccccc2C1=O)C(=O)O. The lowest BCUT2D eigenvalue weighted by molar-refractivity contribution is -0.149. The van der Waals surface area contributed by atoms with Crippen molar-refractivity contribution in [1.82, 2.24) is 10.2 Å². The normalized spacial score (nSPS) is 14.6. The van der Waals surface area contributed by atoms with Crippen LogP contribution in [0.1, 0.15) is 27.6 Å². The summed E-state index contributed by atoms with van der Waals surface area (Å²) in [4.78, 5) is 47.4. The molecule has 0 saturated heterocycles. The zero-order valence-corrected chi connectivity index (χ0v) is 12.4. The van der Waals surface area contributed by atoms with Gasteiger partial charge in [-0.1, -0.05) is 12.1 Å². The van der Waals surface area contributed by atoms with Crippen LogP contribution in [0.15, 0.2) is 24.3 Å². The number of nitrogens with zero attached hydrogens (tertiary/aromatic N) is 1. The Morgan fingerprint density at radius 2 is 1.78 bits per heavy atom. The molecule has 122 valence electrons. The molecule has 1 aromatic carbocycles. The molecule has 1 atom stereocenters. The third-order valence-electron chi connectivity index (χ3n) is 3.32. The van der Waals surface area contributed by atoms with Crippen molar-refractivity contribution in [2.24, 2.45) is 0 Å². The van der Waals surface area contributed by atoms with Gasteiger partial charge in [-0.25, -0.2) is 4.79 Å². The predicted octanol–water partition coefficient (Wildman–Crippen LogP) is -0.112. The van der Waals surface area contributed by atoms with E-state index < -0.39 is 29.8 Å². The minimum Gasteiger partial charge on any atom is -0.479 e. The first-order valence-electron chi connectivity index (χ1n) is 6.98. The molecule has 0 bridgehead atoms. The average Bonchev–Trinajstić information content (AvgIpc) is 2.77. The van der Waals surface area contributed by atoms with E-state index in [0.717, 1.165) is 4.90 Å². The second kappa shape index (κ2) is 7.01. The standard InChI is InChI=1S/C15H16N2O6/c1-9(15(21)22)23-7-6-16-12(18)8-17-13(19)10-4-2-3-5-11(10)14(17)20/h2-5,9H,6-8H2,1H3,(H,16,18)(H,21,22). The summed E-state index contributed by atoms with van der Waals surface area (Å²) in [7, 11) is 0. The summed E-state index contributed by atoms with van der Waals surface area (Å²) in [5.74, 6) is -2.62. The van der Waals surface area contributed by atoms with Crippen LogP contribution in [0, 0.1) is 0 Å². The zero-order valence-electron chi connectivity index (χ0n) is 12.4. The van der Waals surface area contributed by atoms with Crippen molar-refractivity contribution in [3.05, 3.63) is 35.4 Å². The van der Waals surface area contributed by atoms with Crippen LogP contribution in [-0.4, -0.2) is 59.5 Å². The first-order valence-corrected chi connectivity index (χ1v) is 6.98. The molecule has 2 N–H and O–H groups in total. The van der Waals surface area contributed by atoms with E-state index in [1.807, 2.05) is 0 Å². The van der Waals surface area contributed by atoms with E-state index in [0.29, 0.717) is 0 Å². The topological polar surface area (TPSA) is 113 Å². The highest BCUT2D eigenvalue weighted by Crippen LogP contribution is 2.21. The van der Waals surface area contributed by atoms with Crippen molar-refractivity contribution in [1.29, 1.82) is 0 Å². The predicted molar refractivity (Wildman–Crippen MR) is 77.9 cm³/mol. The lowest BCUT2D eigenvalue weighted by Crippen LogP contribution is -2.41. The van der Waals surface area contributed by atoms with Crippen molar-refractivity contribution >= 4 is 23.7 Å². The fourth-order valence-electron chi connectivity index (χ4n) is 2.08. The highest BCUT2D eigenvalue weighted by Gasteiger charge is 2.36. The van der Waals surface area contributed by atoms with Gasteiger partial charge in [-0.2, -0.15) is 0 Å². The Kier molecular flexibility index (Phi) is 5.07. The van der Waals surface area contributed by atoms with E-state index in [2.05, 4.69) is 5.32 Å². The van der Waals surface area contributed by atoms with E-state index in [1.165, 1.54) is 19.1 Å². The summed E-state index contributed by atoms with van der Waals surface area (Å²) < 4.78 is 4.95. The molecule has 1 unspecified atom stereocenters. The monoisotopic (exact) mass is 320 g/mol. The lowest BCUT2D eigenvalue weighted by Gasteiger charge is -2.14. The van der Waals surface area contributed by atoms with Crippen LogP contribution in [0.4, 0.5) is 0 Å². The minimum atomic E-state index is -1.10. The first kappa shape index (κ1) is 16.6. The minimum absolute atomic E-state index is 0.0152. The molecule has 0 spiro atoms. The Morgan fingerprint density at radius 3 is 2.30 bits per heavy atom. The fraction of sp³-hybridized carbons (Fsp3) is 0.333. The van der Waals surface area contributed by atoms with Gasteiger partial charge in [0.15, 0.2) is 6.10 Å². The summed E-state index contributed by atoms with van der Waals surface area (Å²) in [5.41, 5.74) is 0.563. The van der Waals surface area contributed by atoms with E-state index >= 15 is 0 Å². The van der Waals surface area contributed by atoms with Gasteiger partial charge in [0.2, 0.25) is 5.91 Å². The molecule has 8 heteroatoms. The second-order valence-corrected chi connectivity index (χ2v) is 4.94. The maximum atomic E-state index is 12.1. The van der Waals surface area contributed by atoms with Gasteiger partial charge in [0.05, 0.1) is 17.7 Å². The molecule has 0 aliphatic carbocycles. The molecule has 0 saturated carbocycles. The molecule has 1 aliphatic heterocycles. The van der Waals surface area contributed by atoms with Gasteiger partial charge in [-0.3, -0.25) is 19.3 Å². The van der Waals surface area contributed by atoms with Gasteiger partial charge in [0.1, 0.15) is 6.54 Å². The molecular formula is C15H16N2O6. The number of rotatable bonds is 7. The number of amides is 3. The van der Waals surface area contributed by atoms with Gasteiger partial charge in [0, 0.05) is 6.54 Å². The number of carboxylic acids is 1. The van der Waals surface area contributed by atoms with Gasteiger partial charge in [0.25, 0.3) is 11.8 Å².